The Balaban J connectivity index is 1.56. The molecule has 132 valence electrons. The van der Waals surface area contributed by atoms with Crippen molar-refractivity contribution >= 4 is 11.7 Å². The van der Waals surface area contributed by atoms with Gasteiger partial charge in [0.05, 0.1) is 32.0 Å². The molecule has 2 aliphatic rings. The van der Waals surface area contributed by atoms with Crippen LogP contribution in [0.3, 0.4) is 0 Å². The van der Waals surface area contributed by atoms with Crippen LogP contribution in [-0.2, 0) is 9.47 Å². The lowest BCUT2D eigenvalue weighted by molar-refractivity contribution is -0.00380. The van der Waals surface area contributed by atoms with Crippen molar-refractivity contribution in [3.8, 4) is 0 Å². The summed E-state index contributed by atoms with van der Waals surface area (Å²) in [5, 5.41) is 3.08. The highest BCUT2D eigenvalue weighted by molar-refractivity contribution is 5.74. The van der Waals surface area contributed by atoms with Gasteiger partial charge >= 0.3 is 6.03 Å². The van der Waals surface area contributed by atoms with Gasteiger partial charge in [0.25, 0.3) is 0 Å². The monoisotopic (exact) mass is 333 g/mol. The number of rotatable bonds is 3. The summed E-state index contributed by atoms with van der Waals surface area (Å²) in [6.45, 7) is 9.35. The third-order valence-electron chi connectivity index (χ3n) is 4.64. The minimum absolute atomic E-state index is 0.0186. The molecule has 2 fully saturated rings. The van der Waals surface area contributed by atoms with E-state index in [1.165, 1.54) is 5.69 Å². The zero-order valence-electron chi connectivity index (χ0n) is 14.5. The lowest BCUT2D eigenvalue weighted by Crippen LogP contribution is -2.49. The average molecular weight is 333 g/mol. The van der Waals surface area contributed by atoms with Gasteiger partial charge in [0, 0.05) is 31.9 Å². The number of amides is 2. The largest absolute Gasteiger partial charge is 0.378 e. The van der Waals surface area contributed by atoms with Crippen LogP contribution < -0.4 is 10.2 Å². The second-order valence-electron chi connectivity index (χ2n) is 6.49. The number of benzene rings is 1. The number of hydrogen-bond acceptors (Lipinski definition) is 4. The number of urea groups is 1. The van der Waals surface area contributed by atoms with E-state index in [2.05, 4.69) is 34.5 Å². The van der Waals surface area contributed by atoms with E-state index < -0.39 is 0 Å². The molecule has 24 heavy (non-hydrogen) atoms. The number of anilines is 1. The van der Waals surface area contributed by atoms with Crippen molar-refractivity contribution in [2.24, 2.45) is 0 Å². The van der Waals surface area contributed by atoms with Crippen LogP contribution in [0.25, 0.3) is 0 Å². The first-order valence-corrected chi connectivity index (χ1v) is 8.73. The van der Waals surface area contributed by atoms with Crippen LogP contribution in [-0.4, -0.2) is 63.0 Å². The Morgan fingerprint density at radius 2 is 1.88 bits per heavy atom. The molecule has 6 nitrogen and oxygen atoms in total. The maximum Gasteiger partial charge on any atom is 0.318 e. The number of hydrogen-bond donors (Lipinski definition) is 1. The third kappa shape index (κ3) is 4.19. The molecule has 2 aliphatic heterocycles. The Labute approximate surface area is 143 Å². The third-order valence-corrected chi connectivity index (χ3v) is 4.64. The fourth-order valence-electron chi connectivity index (χ4n) is 3.16. The first kappa shape index (κ1) is 17.0. The van der Waals surface area contributed by atoms with Gasteiger partial charge in [-0.05, 0) is 31.5 Å². The normalized spacial score (nSPS) is 23.0. The zero-order valence-corrected chi connectivity index (χ0v) is 14.5. The van der Waals surface area contributed by atoms with Crippen molar-refractivity contribution in [2.45, 2.75) is 26.0 Å². The van der Waals surface area contributed by atoms with Crippen LogP contribution in [0.5, 0.6) is 0 Å². The Hall–Kier alpha value is -1.79. The average Bonchev–Trinajstić information content (AvgIpc) is 2.62. The van der Waals surface area contributed by atoms with Gasteiger partial charge in [-0.15, -0.1) is 0 Å². The van der Waals surface area contributed by atoms with Crippen LogP contribution in [0.2, 0.25) is 0 Å². The Kier molecular flexibility index (Phi) is 5.58. The molecule has 0 bridgehead atoms. The Morgan fingerprint density at radius 3 is 2.54 bits per heavy atom. The van der Waals surface area contributed by atoms with Crippen LogP contribution in [0.4, 0.5) is 10.5 Å². The highest BCUT2D eigenvalue weighted by Crippen LogP contribution is 2.20. The quantitative estimate of drug-likeness (QED) is 0.919. The summed E-state index contributed by atoms with van der Waals surface area (Å²) >= 11 is 0. The number of nitrogens with one attached hydrogen (secondary N) is 1. The summed E-state index contributed by atoms with van der Waals surface area (Å²) < 4.78 is 10.9. The van der Waals surface area contributed by atoms with E-state index in [0.29, 0.717) is 19.7 Å². The summed E-state index contributed by atoms with van der Waals surface area (Å²) in [5.41, 5.74) is 2.32. The molecule has 2 amide bonds. The Bertz CT molecular complexity index is 543. The van der Waals surface area contributed by atoms with Gasteiger partial charge in [-0.1, -0.05) is 12.1 Å². The van der Waals surface area contributed by atoms with E-state index in [1.807, 2.05) is 18.7 Å². The van der Waals surface area contributed by atoms with Crippen molar-refractivity contribution in [1.82, 2.24) is 10.2 Å². The maximum atomic E-state index is 12.4. The van der Waals surface area contributed by atoms with Crippen molar-refractivity contribution in [1.29, 1.82) is 0 Å². The smallest absolute Gasteiger partial charge is 0.318 e. The minimum Gasteiger partial charge on any atom is -0.378 e. The predicted octanol–water partition coefficient (Wildman–Crippen LogP) is 2.01. The standard InChI is InChI=1S/C18H27N3O3/c1-14-13-21(9-12-24-14)18(22)19-15(2)16-3-5-17(6-4-16)20-7-10-23-11-8-20/h3-6,14-15H,7-13H2,1-2H3,(H,19,22). The van der Waals surface area contributed by atoms with E-state index in [4.69, 9.17) is 9.47 Å². The molecule has 0 aliphatic carbocycles. The molecule has 0 saturated carbocycles. The van der Waals surface area contributed by atoms with Crippen LogP contribution in [0.15, 0.2) is 24.3 Å². The maximum absolute atomic E-state index is 12.4. The molecule has 1 N–H and O–H groups in total. The summed E-state index contributed by atoms with van der Waals surface area (Å²) in [5.74, 6) is 0. The first-order chi connectivity index (χ1) is 11.6. The molecule has 0 radical (unpaired) electrons. The second kappa shape index (κ2) is 7.85. The summed E-state index contributed by atoms with van der Waals surface area (Å²) in [6, 6.07) is 8.40. The van der Waals surface area contributed by atoms with Gasteiger partial charge in [0.1, 0.15) is 0 Å². The number of carbonyl (C=O) groups is 1. The zero-order chi connectivity index (χ0) is 16.9. The van der Waals surface area contributed by atoms with Crippen molar-refractivity contribution in [2.75, 3.05) is 50.9 Å². The number of morpholine rings is 2. The fourth-order valence-corrected chi connectivity index (χ4v) is 3.16. The fraction of sp³-hybridized carbons (Fsp3) is 0.611. The van der Waals surface area contributed by atoms with Gasteiger partial charge in [-0.2, -0.15) is 0 Å². The predicted molar refractivity (Wildman–Crippen MR) is 93.4 cm³/mol. The van der Waals surface area contributed by atoms with E-state index in [9.17, 15) is 4.79 Å². The molecule has 2 saturated heterocycles. The number of ether oxygens (including phenoxy) is 2. The van der Waals surface area contributed by atoms with E-state index in [1.54, 1.807) is 0 Å². The Morgan fingerprint density at radius 1 is 1.17 bits per heavy atom. The topological polar surface area (TPSA) is 54.0 Å². The highest BCUT2D eigenvalue weighted by Gasteiger charge is 2.22. The SMILES string of the molecule is CC1CN(C(=O)NC(C)c2ccc(N3CCOCC3)cc2)CCO1. The molecule has 3 rings (SSSR count). The molecular formula is C18H27N3O3. The lowest BCUT2D eigenvalue weighted by atomic mass is 10.1. The van der Waals surface area contributed by atoms with E-state index in [0.717, 1.165) is 31.9 Å². The summed E-state index contributed by atoms with van der Waals surface area (Å²) in [6.07, 6.45) is 0.104. The molecule has 2 atom stereocenters. The molecule has 1 aromatic carbocycles. The molecule has 1 aromatic rings. The molecule has 2 unspecified atom stereocenters. The molecule has 0 spiro atoms. The van der Waals surface area contributed by atoms with Crippen molar-refractivity contribution < 1.29 is 14.3 Å². The van der Waals surface area contributed by atoms with Crippen LogP contribution >= 0.6 is 0 Å². The van der Waals surface area contributed by atoms with Gasteiger partial charge < -0.3 is 24.6 Å². The molecule has 0 aromatic heterocycles. The first-order valence-electron chi connectivity index (χ1n) is 8.73. The number of carbonyl (C=O) groups excluding carboxylic acids is 1. The van der Waals surface area contributed by atoms with Crippen LogP contribution in [0.1, 0.15) is 25.5 Å². The van der Waals surface area contributed by atoms with Crippen LogP contribution in [0, 0.1) is 0 Å². The van der Waals surface area contributed by atoms with Gasteiger partial charge in [-0.3, -0.25) is 0 Å². The molecular weight excluding hydrogens is 306 g/mol. The summed E-state index contributed by atoms with van der Waals surface area (Å²) in [4.78, 5) is 16.5. The summed E-state index contributed by atoms with van der Waals surface area (Å²) in [7, 11) is 0. The van der Waals surface area contributed by atoms with E-state index >= 15 is 0 Å². The lowest BCUT2D eigenvalue weighted by Gasteiger charge is -2.32. The van der Waals surface area contributed by atoms with Gasteiger partial charge in [0.15, 0.2) is 0 Å². The van der Waals surface area contributed by atoms with Crippen molar-refractivity contribution in [3.05, 3.63) is 29.8 Å². The molecule has 6 heteroatoms. The molecule has 2 heterocycles. The van der Waals surface area contributed by atoms with Gasteiger partial charge in [-0.25, -0.2) is 4.79 Å². The minimum atomic E-state index is -0.0191. The van der Waals surface area contributed by atoms with Crippen molar-refractivity contribution in [3.63, 3.8) is 0 Å². The second-order valence-corrected chi connectivity index (χ2v) is 6.49. The van der Waals surface area contributed by atoms with Gasteiger partial charge in [0.2, 0.25) is 0 Å². The highest BCUT2D eigenvalue weighted by atomic mass is 16.5. The van der Waals surface area contributed by atoms with E-state index in [-0.39, 0.29) is 18.2 Å². The number of nitrogens with zero attached hydrogens (tertiary/aromatic N) is 2.